The standard InChI is InChI=1S/C19H27N5O4S2/c1-22(2)10-8-21-30(27,28)16-3-4-17(18(13-16)24(25)26)20-7-11-23-9-5-19-15(14-23)6-12-29-19/h3-4,6,12-13,20-21H,5,7-11,14H2,1-2H3. The number of nitro benzene ring substituents is 1. The summed E-state index contributed by atoms with van der Waals surface area (Å²) in [7, 11) is -0.133. The van der Waals surface area contributed by atoms with E-state index >= 15 is 0 Å². The van der Waals surface area contributed by atoms with Crippen LogP contribution in [0.5, 0.6) is 0 Å². The number of benzene rings is 1. The van der Waals surface area contributed by atoms with Crippen LogP contribution in [0, 0.1) is 10.1 Å². The van der Waals surface area contributed by atoms with Crippen molar-refractivity contribution in [3.05, 3.63) is 50.2 Å². The average molecular weight is 454 g/mol. The molecule has 2 heterocycles. The molecule has 0 bridgehead atoms. The quantitative estimate of drug-likeness (QED) is 0.418. The Labute approximate surface area is 180 Å². The summed E-state index contributed by atoms with van der Waals surface area (Å²) in [5.74, 6) is 0. The smallest absolute Gasteiger partial charge is 0.293 e. The molecule has 9 nitrogen and oxygen atoms in total. The second-order valence-electron chi connectivity index (χ2n) is 7.46. The highest BCUT2D eigenvalue weighted by atomic mass is 32.2. The molecule has 0 saturated carbocycles. The van der Waals surface area contributed by atoms with Gasteiger partial charge in [0.1, 0.15) is 5.69 Å². The highest BCUT2D eigenvalue weighted by Gasteiger charge is 2.22. The van der Waals surface area contributed by atoms with E-state index in [1.54, 1.807) is 11.3 Å². The number of hydrogen-bond donors (Lipinski definition) is 2. The van der Waals surface area contributed by atoms with Crippen molar-refractivity contribution in [3.8, 4) is 0 Å². The van der Waals surface area contributed by atoms with Gasteiger partial charge in [-0.25, -0.2) is 13.1 Å². The zero-order chi connectivity index (χ0) is 21.7. The number of nitrogens with zero attached hydrogens (tertiary/aromatic N) is 3. The van der Waals surface area contributed by atoms with Crippen LogP contribution in [0.25, 0.3) is 0 Å². The SMILES string of the molecule is CN(C)CCNS(=O)(=O)c1ccc(NCCN2CCc3sccc3C2)c([N+](=O)[O-])c1. The van der Waals surface area contributed by atoms with E-state index < -0.39 is 14.9 Å². The molecule has 0 radical (unpaired) electrons. The van der Waals surface area contributed by atoms with E-state index in [4.69, 9.17) is 0 Å². The number of fused-ring (bicyclic) bond motifs is 1. The third-order valence-electron chi connectivity index (χ3n) is 4.96. The fourth-order valence-electron chi connectivity index (χ4n) is 3.31. The van der Waals surface area contributed by atoms with Gasteiger partial charge in [0.25, 0.3) is 5.69 Å². The van der Waals surface area contributed by atoms with E-state index in [1.807, 2.05) is 19.0 Å². The van der Waals surface area contributed by atoms with E-state index in [-0.39, 0.29) is 17.1 Å². The fourth-order valence-corrected chi connectivity index (χ4v) is 5.24. The van der Waals surface area contributed by atoms with Gasteiger partial charge >= 0.3 is 0 Å². The van der Waals surface area contributed by atoms with E-state index in [9.17, 15) is 18.5 Å². The van der Waals surface area contributed by atoms with Crippen molar-refractivity contribution >= 4 is 32.7 Å². The number of thiophene rings is 1. The van der Waals surface area contributed by atoms with E-state index in [2.05, 4.69) is 26.4 Å². The molecule has 0 unspecified atom stereocenters. The van der Waals surface area contributed by atoms with Gasteiger partial charge in [0.2, 0.25) is 10.0 Å². The summed E-state index contributed by atoms with van der Waals surface area (Å²) in [5, 5.41) is 16.7. The molecule has 0 atom stereocenters. The molecule has 1 aromatic heterocycles. The van der Waals surface area contributed by atoms with Crippen LogP contribution in [0.1, 0.15) is 10.4 Å². The van der Waals surface area contributed by atoms with E-state index in [0.717, 1.165) is 32.1 Å². The Balaban J connectivity index is 1.62. The summed E-state index contributed by atoms with van der Waals surface area (Å²) in [4.78, 5) is 16.4. The molecule has 2 N–H and O–H groups in total. The highest BCUT2D eigenvalue weighted by Crippen LogP contribution is 2.28. The third kappa shape index (κ3) is 5.76. The van der Waals surface area contributed by atoms with Crippen molar-refractivity contribution in [1.29, 1.82) is 0 Å². The summed E-state index contributed by atoms with van der Waals surface area (Å²) < 4.78 is 27.3. The monoisotopic (exact) mass is 453 g/mol. The Morgan fingerprint density at radius 1 is 1.27 bits per heavy atom. The minimum atomic E-state index is -3.81. The van der Waals surface area contributed by atoms with Gasteiger partial charge in [-0.15, -0.1) is 11.3 Å². The Kier molecular flexibility index (Phi) is 7.42. The van der Waals surface area contributed by atoms with Gasteiger partial charge in [-0.05, 0) is 49.7 Å². The predicted octanol–water partition coefficient (Wildman–Crippen LogP) is 1.97. The minimum absolute atomic E-state index is 0.112. The molecule has 2 aromatic rings. The molecule has 30 heavy (non-hydrogen) atoms. The molecule has 0 spiro atoms. The maximum Gasteiger partial charge on any atom is 0.293 e. The zero-order valence-corrected chi connectivity index (χ0v) is 18.8. The lowest BCUT2D eigenvalue weighted by atomic mass is 10.1. The van der Waals surface area contributed by atoms with Crippen molar-refractivity contribution in [1.82, 2.24) is 14.5 Å². The van der Waals surface area contributed by atoms with Crippen molar-refractivity contribution in [2.75, 3.05) is 52.1 Å². The number of anilines is 1. The van der Waals surface area contributed by atoms with Crippen LogP contribution in [0.4, 0.5) is 11.4 Å². The molecule has 11 heteroatoms. The van der Waals surface area contributed by atoms with Crippen LogP contribution in [-0.2, 0) is 23.0 Å². The Morgan fingerprint density at radius 3 is 2.80 bits per heavy atom. The lowest BCUT2D eigenvalue weighted by molar-refractivity contribution is -0.384. The summed E-state index contributed by atoms with van der Waals surface area (Å²) in [6, 6.07) is 6.12. The van der Waals surface area contributed by atoms with Crippen molar-refractivity contribution in [3.63, 3.8) is 0 Å². The first-order chi connectivity index (χ1) is 14.3. The first-order valence-corrected chi connectivity index (χ1v) is 12.1. The number of sulfonamides is 1. The first-order valence-electron chi connectivity index (χ1n) is 9.70. The summed E-state index contributed by atoms with van der Waals surface area (Å²) >= 11 is 1.79. The number of likely N-dealkylation sites (N-methyl/N-ethyl adjacent to an activating group) is 1. The van der Waals surface area contributed by atoms with Gasteiger partial charge in [0.05, 0.1) is 9.82 Å². The second-order valence-corrected chi connectivity index (χ2v) is 10.2. The molecule has 3 rings (SSSR count). The molecule has 0 saturated heterocycles. The van der Waals surface area contributed by atoms with E-state index in [0.29, 0.717) is 18.8 Å². The van der Waals surface area contributed by atoms with Crippen LogP contribution in [0.3, 0.4) is 0 Å². The average Bonchev–Trinajstić information content (AvgIpc) is 3.15. The maximum absolute atomic E-state index is 12.4. The molecular weight excluding hydrogens is 426 g/mol. The zero-order valence-electron chi connectivity index (χ0n) is 17.1. The van der Waals surface area contributed by atoms with Crippen LogP contribution >= 0.6 is 11.3 Å². The van der Waals surface area contributed by atoms with Crippen molar-refractivity contribution in [2.45, 2.75) is 17.9 Å². The van der Waals surface area contributed by atoms with Gasteiger partial charge in [0.15, 0.2) is 0 Å². The molecule has 0 aliphatic carbocycles. The number of rotatable bonds is 10. The number of hydrogen-bond acceptors (Lipinski definition) is 8. The Bertz CT molecular complexity index is 991. The third-order valence-corrected chi connectivity index (χ3v) is 7.44. The number of nitrogens with one attached hydrogen (secondary N) is 2. The normalized spacial score (nSPS) is 14.6. The fraction of sp³-hybridized carbons (Fsp3) is 0.474. The predicted molar refractivity (Wildman–Crippen MR) is 119 cm³/mol. The molecule has 1 aliphatic heterocycles. The number of nitro groups is 1. The van der Waals surface area contributed by atoms with Crippen LogP contribution in [0.15, 0.2) is 34.5 Å². The largest absolute Gasteiger partial charge is 0.378 e. The molecule has 0 fully saturated rings. The highest BCUT2D eigenvalue weighted by molar-refractivity contribution is 7.89. The summed E-state index contributed by atoms with van der Waals surface area (Å²) in [6.07, 6.45) is 1.03. The molecular formula is C19H27N5O4S2. The van der Waals surface area contributed by atoms with Gasteiger partial charge in [0, 0.05) is 50.2 Å². The summed E-state index contributed by atoms with van der Waals surface area (Å²) in [5.41, 5.74) is 1.43. The second kappa shape index (κ2) is 9.84. The van der Waals surface area contributed by atoms with Gasteiger partial charge in [-0.2, -0.15) is 0 Å². The lowest BCUT2D eigenvalue weighted by Crippen LogP contribution is -2.33. The van der Waals surface area contributed by atoms with E-state index in [1.165, 1.54) is 22.6 Å². The van der Waals surface area contributed by atoms with Crippen molar-refractivity contribution in [2.24, 2.45) is 0 Å². The van der Waals surface area contributed by atoms with Gasteiger partial charge in [-0.1, -0.05) is 0 Å². The first kappa shape index (κ1) is 22.6. The Hall–Kier alpha value is -2.05. The molecule has 0 amide bonds. The molecule has 1 aromatic carbocycles. The van der Waals surface area contributed by atoms with Crippen LogP contribution in [-0.4, -0.2) is 70.0 Å². The Morgan fingerprint density at radius 2 is 2.07 bits per heavy atom. The van der Waals surface area contributed by atoms with Crippen LogP contribution in [0.2, 0.25) is 0 Å². The van der Waals surface area contributed by atoms with Crippen molar-refractivity contribution < 1.29 is 13.3 Å². The molecule has 164 valence electrons. The lowest BCUT2D eigenvalue weighted by Gasteiger charge is -2.26. The van der Waals surface area contributed by atoms with Crippen LogP contribution < -0.4 is 10.0 Å². The summed E-state index contributed by atoms with van der Waals surface area (Å²) in [6.45, 7) is 3.90. The minimum Gasteiger partial charge on any atom is -0.378 e. The maximum atomic E-state index is 12.4. The molecule has 1 aliphatic rings. The van der Waals surface area contributed by atoms with Gasteiger partial charge < -0.3 is 10.2 Å². The van der Waals surface area contributed by atoms with Gasteiger partial charge in [-0.3, -0.25) is 15.0 Å². The topological polar surface area (TPSA) is 108 Å².